The molecule has 0 aromatic heterocycles. The fourth-order valence-corrected chi connectivity index (χ4v) is 0. The fraction of sp³-hybridized carbons (Fsp3) is 0. The molecule has 0 aliphatic carbocycles. The van der Waals surface area contributed by atoms with E-state index in [1.54, 1.807) is 0 Å². The van der Waals surface area contributed by atoms with Gasteiger partial charge in [0, 0.05) is 280 Å². The first-order valence-electron chi connectivity index (χ1n) is 0. The van der Waals surface area contributed by atoms with Gasteiger partial charge < -0.3 is 0 Å². The summed E-state index contributed by atoms with van der Waals surface area (Å²) in [6.07, 6.45) is 0. The Morgan fingerprint density at radius 3 is 0.0588 bits per heavy atom. The van der Waals surface area contributed by atoms with Gasteiger partial charge in [-0.05, 0) is 0 Å². The normalized spacial score (nSPS) is 0. The van der Waals surface area contributed by atoms with E-state index >= 15 is 0 Å². The van der Waals surface area contributed by atoms with Crippen molar-refractivity contribution in [2.75, 3.05) is 0 Å². The number of rotatable bonds is 0. The molecule has 0 aromatic rings. The van der Waals surface area contributed by atoms with Gasteiger partial charge in [-0.3, -0.25) is 0 Å². The summed E-state index contributed by atoms with van der Waals surface area (Å²) in [6, 6.07) is 0. The van der Waals surface area contributed by atoms with Gasteiger partial charge in [0.15, 0.2) is 0 Å². The Bertz CT molecular complexity index is 0. The van der Waals surface area contributed by atoms with E-state index in [1.807, 2.05) is 0 Å². The maximum Gasteiger partial charge on any atom is 0 e. The Balaban J connectivity index is 0. The number of hydrogen-bond acceptors (Lipinski definition) is 0. The van der Waals surface area contributed by atoms with Gasteiger partial charge in [-0.15, -0.1) is 0 Å². The maximum atomic E-state index is 0. The molecule has 0 heterocycles. The minimum absolute atomic E-state index is 0. The second kappa shape index (κ2) is 190. The summed E-state index contributed by atoms with van der Waals surface area (Å²) in [5.41, 5.74) is 0. The second-order valence-corrected chi connectivity index (χ2v) is 0. The van der Waals surface area contributed by atoms with Gasteiger partial charge in [0.1, 0.15) is 0 Å². The first kappa shape index (κ1) is 215. The Hall–Kier alpha value is 8.39. The van der Waals surface area contributed by atoms with Crippen LogP contribution in [0.1, 0.15) is 0 Å². The maximum absolute atomic E-state index is 0. The zero-order valence-electron chi connectivity index (χ0n) is 5.38. The van der Waals surface area contributed by atoms with Crippen LogP contribution in [0.4, 0.5) is 0 Å². The molecule has 0 N–H and O–H groups in total. The van der Waals surface area contributed by atoms with Gasteiger partial charge in [-0.2, -0.15) is 0 Å². The molecule has 0 aliphatic heterocycles. The molecule has 0 rings (SSSR count). The van der Waals surface area contributed by atoms with Crippen LogP contribution in [0.5, 0.6) is 0 Å². The van der Waals surface area contributed by atoms with Crippen LogP contribution in [0.25, 0.3) is 0 Å². The van der Waals surface area contributed by atoms with Crippen LogP contribution < -0.4 is 0 Å². The molecule has 0 bridgehead atoms. The van der Waals surface area contributed by atoms with Crippen molar-refractivity contribution in [1.82, 2.24) is 0 Å². The topological polar surface area (TPSA) is 0 Å². The van der Waals surface area contributed by atoms with Crippen molar-refractivity contribution in [3.63, 3.8) is 0 Å². The molecule has 0 aliphatic rings. The summed E-state index contributed by atoms with van der Waals surface area (Å²) in [4.78, 5) is 0. The van der Waals surface area contributed by atoms with Crippen LogP contribution in [0.3, 0.4) is 0 Å². The quantitative estimate of drug-likeness (QED) is 0.300. The standard InChI is InChI=1S/17Ni. The molecule has 0 radical (unpaired) electrons. The van der Waals surface area contributed by atoms with Crippen molar-refractivity contribution in [2.24, 2.45) is 0 Å². The molecule has 17 heteroatoms. The summed E-state index contributed by atoms with van der Waals surface area (Å²) in [5, 5.41) is 0. The Morgan fingerprint density at radius 2 is 0.0588 bits per heavy atom. The summed E-state index contributed by atoms with van der Waals surface area (Å²) in [7, 11) is 0. The van der Waals surface area contributed by atoms with Crippen molar-refractivity contribution in [2.45, 2.75) is 0 Å². The van der Waals surface area contributed by atoms with Crippen LogP contribution >= 0.6 is 0 Å². The fourth-order valence-electron chi connectivity index (χ4n) is 0. The molecule has 0 aromatic carbocycles. The summed E-state index contributed by atoms with van der Waals surface area (Å²) < 4.78 is 0. The zero-order valence-corrected chi connectivity index (χ0v) is 22.2. The summed E-state index contributed by atoms with van der Waals surface area (Å²) in [5.74, 6) is 0. The van der Waals surface area contributed by atoms with E-state index < -0.39 is 0 Å². The minimum Gasteiger partial charge on any atom is 0 e. The van der Waals surface area contributed by atoms with Crippen LogP contribution in [0.2, 0.25) is 0 Å². The molecule has 0 saturated carbocycles. The van der Waals surface area contributed by atoms with Gasteiger partial charge in [-0.1, -0.05) is 0 Å². The third-order valence-corrected chi connectivity index (χ3v) is 0. The minimum atomic E-state index is 0. The molecular formula is Ni17. The molecule has 0 amide bonds. The second-order valence-electron chi connectivity index (χ2n) is 0. The molecule has 0 saturated heterocycles. The van der Waals surface area contributed by atoms with E-state index in [9.17, 15) is 0 Å². The molecule has 0 atom stereocenters. The largest absolute Gasteiger partial charge is 0 e. The summed E-state index contributed by atoms with van der Waals surface area (Å²) in [6.45, 7) is 0. The Morgan fingerprint density at radius 1 is 0.0588 bits per heavy atom. The van der Waals surface area contributed by atoms with Gasteiger partial charge in [0.05, 0.1) is 0 Å². The smallest absolute Gasteiger partial charge is 0 e. The Kier molecular flexibility index (Phi) is 2390. The number of hydrogen-bond donors (Lipinski definition) is 0. The van der Waals surface area contributed by atoms with Crippen molar-refractivity contribution < 1.29 is 280 Å². The molecule has 0 unspecified atom stereocenters. The zero-order chi connectivity index (χ0) is 0. The van der Waals surface area contributed by atoms with Crippen molar-refractivity contribution in [3.05, 3.63) is 0 Å². The molecule has 17 heavy (non-hydrogen) atoms. The van der Waals surface area contributed by atoms with E-state index in [0.29, 0.717) is 0 Å². The van der Waals surface area contributed by atoms with E-state index in [0.717, 1.165) is 0 Å². The van der Waals surface area contributed by atoms with E-state index in [1.165, 1.54) is 0 Å². The van der Waals surface area contributed by atoms with Gasteiger partial charge in [0.2, 0.25) is 0 Å². The van der Waals surface area contributed by atoms with Crippen molar-refractivity contribution in [3.8, 4) is 0 Å². The van der Waals surface area contributed by atoms with Crippen LogP contribution in [0.15, 0.2) is 0 Å². The molecule has 0 spiro atoms. The third kappa shape index (κ3) is 174. The predicted molar refractivity (Wildman–Crippen MR) is 0 cm³/mol. The molecular weight excluding hydrogens is 998 g/mol. The first-order valence-corrected chi connectivity index (χ1v) is 0. The molecule has 0 nitrogen and oxygen atoms in total. The van der Waals surface area contributed by atoms with Gasteiger partial charge in [0.25, 0.3) is 0 Å². The third-order valence-electron chi connectivity index (χ3n) is 0. The van der Waals surface area contributed by atoms with E-state index in [-0.39, 0.29) is 280 Å². The average molecular weight is 998 g/mol. The average Bonchev–Trinajstić information content (AvgIpc) is 0. The van der Waals surface area contributed by atoms with Crippen LogP contribution in [-0.2, 0) is 280 Å². The molecule has 0 fully saturated rings. The van der Waals surface area contributed by atoms with Gasteiger partial charge in [-0.25, -0.2) is 0 Å². The monoisotopic (exact) mass is 985 g/mol. The van der Waals surface area contributed by atoms with Crippen LogP contribution in [-0.4, -0.2) is 0 Å². The van der Waals surface area contributed by atoms with Crippen LogP contribution in [0, 0.1) is 0 Å². The SMILES string of the molecule is [Ni].[Ni].[Ni].[Ni].[Ni].[Ni].[Ni].[Ni].[Ni].[Ni].[Ni].[Ni].[Ni].[Ni].[Ni].[Ni].[Ni]. The predicted octanol–water partition coefficient (Wildman–Crippen LogP) is -0.0425. The Labute approximate surface area is 274 Å². The first-order chi connectivity index (χ1) is 0. The van der Waals surface area contributed by atoms with Gasteiger partial charge >= 0.3 is 0 Å². The van der Waals surface area contributed by atoms with E-state index in [2.05, 4.69) is 0 Å². The van der Waals surface area contributed by atoms with Crippen molar-refractivity contribution in [1.29, 1.82) is 0 Å². The van der Waals surface area contributed by atoms with Crippen molar-refractivity contribution >= 4 is 0 Å². The molecule has 170 valence electrons. The summed E-state index contributed by atoms with van der Waals surface area (Å²) >= 11 is 0. The van der Waals surface area contributed by atoms with E-state index in [4.69, 9.17) is 0 Å².